The number of nitrogens with zero attached hydrogens (tertiary/aromatic N) is 4. The summed E-state index contributed by atoms with van der Waals surface area (Å²) < 4.78 is 0. The van der Waals surface area contributed by atoms with Crippen LogP contribution < -0.4 is 4.90 Å². The Morgan fingerprint density at radius 2 is 2.12 bits per heavy atom. The summed E-state index contributed by atoms with van der Waals surface area (Å²) in [4.78, 5) is 25.6. The van der Waals surface area contributed by atoms with E-state index in [-0.39, 0.29) is 12.5 Å². The SMILES string of the molecule is Cc1cc(C2CCC2)nc(N2C[C@H]3CN(CCO)C[C@@]3(C(=O)O)C2)n1. The predicted octanol–water partition coefficient (Wildman–Crippen LogP) is 0.868. The van der Waals surface area contributed by atoms with Crippen LogP contribution in [0.2, 0.25) is 0 Å². The van der Waals surface area contributed by atoms with Gasteiger partial charge in [-0.05, 0) is 25.8 Å². The Kier molecular flexibility index (Phi) is 4.16. The molecule has 0 aromatic carbocycles. The maximum atomic E-state index is 12.1. The Morgan fingerprint density at radius 1 is 1.32 bits per heavy atom. The summed E-state index contributed by atoms with van der Waals surface area (Å²) in [6.45, 7) is 4.91. The predicted molar refractivity (Wildman–Crippen MR) is 92.7 cm³/mol. The zero-order valence-electron chi connectivity index (χ0n) is 14.7. The normalized spacial score (nSPS) is 29.7. The van der Waals surface area contributed by atoms with Crippen molar-refractivity contribution >= 4 is 11.9 Å². The molecule has 1 saturated carbocycles. The number of carbonyl (C=O) groups is 1. The van der Waals surface area contributed by atoms with E-state index in [4.69, 9.17) is 10.1 Å². The molecule has 0 spiro atoms. The fraction of sp³-hybridized carbons (Fsp3) is 0.722. The standard InChI is InChI=1S/C18H26N4O3/c1-12-7-15(13-3-2-4-13)20-17(19-12)22-9-14-8-21(5-6-23)10-18(14,11-22)16(24)25/h7,13-14,23H,2-6,8-11H2,1H3,(H,24,25)/t14-,18-/m1/s1. The number of aryl methyl sites for hydroxylation is 1. The first kappa shape index (κ1) is 16.7. The number of aliphatic hydroxyl groups excluding tert-OH is 1. The molecule has 4 rings (SSSR count). The Morgan fingerprint density at radius 3 is 2.72 bits per heavy atom. The van der Waals surface area contributed by atoms with Gasteiger partial charge >= 0.3 is 5.97 Å². The van der Waals surface area contributed by atoms with Crippen molar-refractivity contribution in [3.63, 3.8) is 0 Å². The molecule has 1 aliphatic carbocycles. The smallest absolute Gasteiger partial charge is 0.313 e. The molecule has 2 saturated heterocycles. The maximum Gasteiger partial charge on any atom is 0.313 e. The van der Waals surface area contributed by atoms with E-state index in [0.29, 0.717) is 44.6 Å². The summed E-state index contributed by atoms with van der Waals surface area (Å²) >= 11 is 0. The van der Waals surface area contributed by atoms with Gasteiger partial charge in [-0.25, -0.2) is 9.97 Å². The molecular weight excluding hydrogens is 320 g/mol. The van der Waals surface area contributed by atoms with Crippen LogP contribution in [-0.2, 0) is 4.79 Å². The molecule has 0 amide bonds. The third kappa shape index (κ3) is 2.79. The largest absolute Gasteiger partial charge is 0.481 e. The molecular formula is C18H26N4O3. The molecule has 2 N–H and O–H groups in total. The van der Waals surface area contributed by atoms with Crippen molar-refractivity contribution < 1.29 is 15.0 Å². The van der Waals surface area contributed by atoms with Gasteiger partial charge in [0.05, 0.1) is 6.61 Å². The van der Waals surface area contributed by atoms with E-state index >= 15 is 0 Å². The molecule has 0 unspecified atom stereocenters. The number of hydrogen-bond acceptors (Lipinski definition) is 6. The van der Waals surface area contributed by atoms with E-state index in [2.05, 4.69) is 20.9 Å². The molecule has 25 heavy (non-hydrogen) atoms. The van der Waals surface area contributed by atoms with Crippen molar-refractivity contribution in [1.82, 2.24) is 14.9 Å². The Hall–Kier alpha value is -1.73. The minimum absolute atomic E-state index is 0.0489. The molecule has 1 aromatic heterocycles. The van der Waals surface area contributed by atoms with Crippen molar-refractivity contribution in [2.45, 2.75) is 32.1 Å². The Bertz CT molecular complexity index is 678. The van der Waals surface area contributed by atoms with Crippen molar-refractivity contribution in [1.29, 1.82) is 0 Å². The first-order valence-corrected chi connectivity index (χ1v) is 9.19. The number of anilines is 1. The van der Waals surface area contributed by atoms with E-state index in [1.165, 1.54) is 19.3 Å². The molecule has 3 heterocycles. The van der Waals surface area contributed by atoms with Crippen LogP contribution in [0.5, 0.6) is 0 Å². The third-order valence-electron chi connectivity index (χ3n) is 6.19. The summed E-state index contributed by atoms with van der Waals surface area (Å²) in [5.41, 5.74) is 1.28. The number of carboxylic acids is 1. The highest BCUT2D eigenvalue weighted by Gasteiger charge is 2.58. The maximum absolute atomic E-state index is 12.1. The highest BCUT2D eigenvalue weighted by molar-refractivity contribution is 5.78. The zero-order valence-corrected chi connectivity index (χ0v) is 14.7. The highest BCUT2D eigenvalue weighted by atomic mass is 16.4. The van der Waals surface area contributed by atoms with Crippen LogP contribution in [0.4, 0.5) is 5.95 Å². The first-order valence-electron chi connectivity index (χ1n) is 9.19. The molecule has 1 aromatic rings. The number of fused-ring (bicyclic) bond motifs is 1. The van der Waals surface area contributed by atoms with Crippen LogP contribution in [0.15, 0.2) is 6.07 Å². The molecule has 7 heteroatoms. The molecule has 2 atom stereocenters. The fourth-order valence-electron chi connectivity index (χ4n) is 4.57. The number of rotatable bonds is 5. The molecule has 7 nitrogen and oxygen atoms in total. The second-order valence-electron chi connectivity index (χ2n) is 7.86. The first-order chi connectivity index (χ1) is 12.0. The molecule has 3 fully saturated rings. The molecule has 0 radical (unpaired) electrons. The minimum Gasteiger partial charge on any atom is -0.481 e. The van der Waals surface area contributed by atoms with Gasteiger partial charge in [0.15, 0.2) is 0 Å². The molecule has 136 valence electrons. The molecule has 0 bridgehead atoms. The van der Waals surface area contributed by atoms with Crippen molar-refractivity contribution in [2.24, 2.45) is 11.3 Å². The summed E-state index contributed by atoms with van der Waals surface area (Å²) in [5.74, 6) is 0.529. The topological polar surface area (TPSA) is 89.8 Å². The third-order valence-corrected chi connectivity index (χ3v) is 6.19. The van der Waals surface area contributed by atoms with Gasteiger partial charge in [-0.1, -0.05) is 6.42 Å². The lowest BCUT2D eigenvalue weighted by molar-refractivity contribution is -0.148. The number of aromatic nitrogens is 2. The van der Waals surface area contributed by atoms with E-state index in [1.54, 1.807) is 0 Å². The Balaban J connectivity index is 1.58. The number of aliphatic carboxylic acids is 1. The van der Waals surface area contributed by atoms with Gasteiger partial charge in [-0.3, -0.25) is 9.69 Å². The van der Waals surface area contributed by atoms with E-state index in [1.807, 2.05) is 6.92 Å². The zero-order chi connectivity index (χ0) is 17.6. The summed E-state index contributed by atoms with van der Waals surface area (Å²) in [6, 6.07) is 2.07. The van der Waals surface area contributed by atoms with Gasteiger partial charge in [0, 0.05) is 55.9 Å². The van der Waals surface area contributed by atoms with Gasteiger partial charge in [-0.15, -0.1) is 0 Å². The highest BCUT2D eigenvalue weighted by Crippen LogP contribution is 2.44. The minimum atomic E-state index is -0.779. The van der Waals surface area contributed by atoms with Gasteiger partial charge in [0.1, 0.15) is 5.41 Å². The van der Waals surface area contributed by atoms with Gasteiger partial charge < -0.3 is 15.1 Å². The van der Waals surface area contributed by atoms with Crippen LogP contribution in [-0.4, -0.2) is 70.4 Å². The average Bonchev–Trinajstić information content (AvgIpc) is 3.00. The molecule has 2 aliphatic heterocycles. The summed E-state index contributed by atoms with van der Waals surface area (Å²) in [6.07, 6.45) is 3.64. The van der Waals surface area contributed by atoms with Crippen molar-refractivity contribution in [3.05, 3.63) is 17.5 Å². The van der Waals surface area contributed by atoms with E-state index in [9.17, 15) is 9.90 Å². The number of likely N-dealkylation sites (tertiary alicyclic amines) is 1. The second kappa shape index (κ2) is 6.21. The lowest BCUT2D eigenvalue weighted by atomic mass is 9.81. The van der Waals surface area contributed by atoms with E-state index < -0.39 is 11.4 Å². The van der Waals surface area contributed by atoms with Crippen molar-refractivity contribution in [3.8, 4) is 0 Å². The van der Waals surface area contributed by atoms with E-state index in [0.717, 1.165) is 11.4 Å². The number of carboxylic acid groups (broad SMARTS) is 1. The van der Waals surface area contributed by atoms with Crippen LogP contribution in [0.1, 0.15) is 36.6 Å². The van der Waals surface area contributed by atoms with Crippen LogP contribution >= 0.6 is 0 Å². The van der Waals surface area contributed by atoms with Crippen LogP contribution in [0.3, 0.4) is 0 Å². The fourth-order valence-corrected chi connectivity index (χ4v) is 4.57. The average molecular weight is 346 g/mol. The summed E-state index contributed by atoms with van der Waals surface area (Å²) in [7, 11) is 0. The lowest BCUT2D eigenvalue weighted by Gasteiger charge is -2.28. The van der Waals surface area contributed by atoms with Crippen LogP contribution in [0.25, 0.3) is 0 Å². The van der Waals surface area contributed by atoms with Gasteiger partial charge in [0.25, 0.3) is 0 Å². The van der Waals surface area contributed by atoms with Gasteiger partial charge in [-0.2, -0.15) is 0 Å². The Labute approximate surface area is 147 Å². The lowest BCUT2D eigenvalue weighted by Crippen LogP contribution is -2.41. The number of aliphatic hydroxyl groups is 1. The number of hydrogen-bond donors (Lipinski definition) is 2. The monoisotopic (exact) mass is 346 g/mol. The molecule has 3 aliphatic rings. The second-order valence-corrected chi connectivity index (χ2v) is 7.86. The number of β-amino-alcohol motifs (C(OH)–C–C–N with tert-alkyl or cyclic N) is 1. The quantitative estimate of drug-likeness (QED) is 0.817. The van der Waals surface area contributed by atoms with Gasteiger partial charge in [0.2, 0.25) is 5.95 Å². The summed E-state index contributed by atoms with van der Waals surface area (Å²) in [5, 5.41) is 19.1. The van der Waals surface area contributed by atoms with Crippen LogP contribution in [0, 0.1) is 18.3 Å². The van der Waals surface area contributed by atoms with Crippen molar-refractivity contribution in [2.75, 3.05) is 44.2 Å².